The molecule has 0 spiro atoms. The van der Waals surface area contributed by atoms with Crippen molar-refractivity contribution in [3.05, 3.63) is 130 Å². The Bertz CT molecular complexity index is 1270. The lowest BCUT2D eigenvalue weighted by atomic mass is 9.67. The Labute approximate surface area is 259 Å². The first-order chi connectivity index (χ1) is 19.6. The molecule has 0 aromatic rings. The van der Waals surface area contributed by atoms with Gasteiger partial charge in [-0.05, 0) is 83.1 Å². The number of rotatable bonds is 10. The second-order valence-corrected chi connectivity index (χ2v) is 14.2. The van der Waals surface area contributed by atoms with Crippen molar-refractivity contribution in [2.75, 3.05) is 0 Å². The highest BCUT2D eigenvalue weighted by Crippen LogP contribution is 2.44. The maximum absolute atomic E-state index is 10.1. The summed E-state index contributed by atoms with van der Waals surface area (Å²) in [6.07, 6.45) is 35.4. The second-order valence-electron chi connectivity index (χ2n) is 14.2. The van der Waals surface area contributed by atoms with Crippen LogP contribution in [0.15, 0.2) is 130 Å². The molecule has 0 radical (unpaired) electrons. The van der Waals surface area contributed by atoms with Crippen molar-refractivity contribution >= 4 is 0 Å². The van der Waals surface area contributed by atoms with Gasteiger partial charge in [-0.15, -0.1) is 0 Å². The number of aliphatic hydroxyl groups is 1. The summed E-state index contributed by atoms with van der Waals surface area (Å²) in [7, 11) is 0. The summed E-state index contributed by atoms with van der Waals surface area (Å²) in [6, 6.07) is 0. The second kappa shape index (κ2) is 16.1. The zero-order chi connectivity index (χ0) is 31.5. The molecular weight excluding hydrogens is 508 g/mol. The van der Waals surface area contributed by atoms with E-state index >= 15 is 0 Å². The van der Waals surface area contributed by atoms with Gasteiger partial charge in [0.25, 0.3) is 0 Å². The van der Waals surface area contributed by atoms with E-state index in [9.17, 15) is 5.11 Å². The summed E-state index contributed by atoms with van der Waals surface area (Å²) in [5.74, 6) is 1.13. The van der Waals surface area contributed by atoms with E-state index in [1.165, 1.54) is 51.9 Å². The van der Waals surface area contributed by atoms with Crippen LogP contribution >= 0.6 is 0 Å². The topological polar surface area (TPSA) is 20.2 Å². The number of aliphatic hydroxyl groups excluding tert-OH is 1. The minimum absolute atomic E-state index is 0.0639. The van der Waals surface area contributed by atoms with Crippen molar-refractivity contribution in [3.8, 4) is 0 Å². The maximum atomic E-state index is 10.1. The lowest BCUT2D eigenvalue weighted by Crippen LogP contribution is -2.32. The van der Waals surface area contributed by atoms with Crippen LogP contribution in [-0.4, -0.2) is 11.2 Å². The summed E-state index contributed by atoms with van der Waals surface area (Å²) in [5.41, 5.74) is 9.52. The molecule has 0 fully saturated rings. The zero-order valence-corrected chi connectivity index (χ0v) is 28.5. The predicted octanol–water partition coefficient (Wildman–Crippen LogP) is 11.7. The Kier molecular flexibility index (Phi) is 13.5. The van der Waals surface area contributed by atoms with Crippen molar-refractivity contribution in [2.24, 2.45) is 22.7 Å². The molecule has 0 amide bonds. The first-order valence-corrected chi connectivity index (χ1v) is 15.8. The fourth-order valence-corrected chi connectivity index (χ4v) is 6.60. The van der Waals surface area contributed by atoms with E-state index < -0.39 is 0 Å². The molecule has 0 saturated carbocycles. The smallest absolute Gasteiger partial charge is 0.0729 e. The van der Waals surface area contributed by atoms with Crippen molar-refractivity contribution in [1.29, 1.82) is 0 Å². The van der Waals surface area contributed by atoms with Crippen LogP contribution in [0.3, 0.4) is 0 Å². The predicted molar refractivity (Wildman–Crippen MR) is 187 cm³/mol. The molecule has 0 aromatic carbocycles. The molecule has 2 rings (SSSR count). The van der Waals surface area contributed by atoms with Crippen molar-refractivity contribution in [3.63, 3.8) is 0 Å². The molecule has 1 N–H and O–H groups in total. The Morgan fingerprint density at radius 1 is 0.738 bits per heavy atom. The highest BCUT2D eigenvalue weighted by atomic mass is 16.3. The Morgan fingerprint density at radius 2 is 1.24 bits per heavy atom. The molecule has 0 heterocycles. The van der Waals surface area contributed by atoms with Crippen LogP contribution < -0.4 is 0 Å². The van der Waals surface area contributed by atoms with Gasteiger partial charge in [0, 0.05) is 5.92 Å². The van der Waals surface area contributed by atoms with Crippen molar-refractivity contribution < 1.29 is 5.11 Å². The van der Waals surface area contributed by atoms with Gasteiger partial charge in [0.15, 0.2) is 0 Å². The monoisotopic (exact) mass is 566 g/mol. The van der Waals surface area contributed by atoms with Crippen LogP contribution in [0.5, 0.6) is 0 Å². The molecule has 1 heteroatoms. The molecule has 0 saturated heterocycles. The molecule has 3 atom stereocenters. The third-order valence-corrected chi connectivity index (χ3v) is 8.56. The fraction of sp³-hybridized carbons (Fsp3) is 0.463. The molecule has 2 aliphatic carbocycles. The van der Waals surface area contributed by atoms with E-state index in [0.717, 1.165) is 12.3 Å². The third-order valence-electron chi connectivity index (χ3n) is 8.56. The van der Waals surface area contributed by atoms with E-state index in [-0.39, 0.29) is 16.9 Å². The zero-order valence-electron chi connectivity index (χ0n) is 28.5. The molecule has 1 nitrogen and oxygen atoms in total. The van der Waals surface area contributed by atoms with Crippen LogP contribution in [-0.2, 0) is 0 Å². The standard InChI is InChI=1S/C41H58O/c1-30(18-14-20-32(3)22-24-38-35(6)26-34(5)28-40(38,8)9)16-12-13-17-31(2)19-15-21-33(4)23-25-39-36(7)27-37(42)29-41(39,10)11/h12-25,27,34,37,39,42H,26,28-29H2,1-11H3/b13-12+,18-14+,19-15+,24-22+,25-23+,30-16+,31-17+,32-20+,33-21+/t34-,37+,39+/m1/s1. The largest absolute Gasteiger partial charge is 0.389 e. The van der Waals surface area contributed by atoms with Crippen LogP contribution in [0.1, 0.15) is 95.4 Å². The molecule has 0 aliphatic heterocycles. The average Bonchev–Trinajstić information content (AvgIpc) is 2.84. The van der Waals surface area contributed by atoms with Crippen LogP contribution in [0.2, 0.25) is 0 Å². The Morgan fingerprint density at radius 3 is 1.76 bits per heavy atom. The van der Waals surface area contributed by atoms with E-state index in [2.05, 4.69) is 161 Å². The maximum Gasteiger partial charge on any atom is 0.0729 e. The quantitative estimate of drug-likeness (QED) is 0.206. The van der Waals surface area contributed by atoms with E-state index in [1.807, 2.05) is 6.08 Å². The summed E-state index contributed by atoms with van der Waals surface area (Å²) in [5, 5.41) is 10.1. The number of hydrogen-bond acceptors (Lipinski definition) is 1. The highest BCUT2D eigenvalue weighted by Gasteiger charge is 2.34. The lowest BCUT2D eigenvalue weighted by molar-refractivity contribution is 0.117. The van der Waals surface area contributed by atoms with Crippen molar-refractivity contribution in [2.45, 2.75) is 102 Å². The molecular formula is C41H58O. The summed E-state index contributed by atoms with van der Waals surface area (Å²) in [4.78, 5) is 0. The van der Waals surface area contributed by atoms with Crippen LogP contribution in [0.25, 0.3) is 0 Å². The molecule has 0 unspecified atom stereocenters. The van der Waals surface area contributed by atoms with Gasteiger partial charge in [-0.1, -0.05) is 159 Å². The van der Waals surface area contributed by atoms with Gasteiger partial charge in [-0.3, -0.25) is 0 Å². The minimum Gasteiger partial charge on any atom is -0.389 e. The Balaban J connectivity index is 1.90. The number of hydrogen-bond donors (Lipinski definition) is 1. The van der Waals surface area contributed by atoms with Crippen LogP contribution in [0.4, 0.5) is 0 Å². The van der Waals surface area contributed by atoms with E-state index in [1.54, 1.807) is 0 Å². The Hall–Kier alpha value is -2.90. The van der Waals surface area contributed by atoms with Gasteiger partial charge in [0.2, 0.25) is 0 Å². The number of allylic oxidation sites excluding steroid dienone is 21. The van der Waals surface area contributed by atoms with Crippen LogP contribution in [0, 0.1) is 22.7 Å². The van der Waals surface area contributed by atoms with Gasteiger partial charge in [0.1, 0.15) is 0 Å². The normalized spacial score (nSPS) is 26.6. The van der Waals surface area contributed by atoms with Gasteiger partial charge >= 0.3 is 0 Å². The van der Waals surface area contributed by atoms with Crippen molar-refractivity contribution in [1.82, 2.24) is 0 Å². The lowest BCUT2D eigenvalue weighted by Gasteiger charge is -2.38. The van der Waals surface area contributed by atoms with E-state index in [4.69, 9.17) is 0 Å². The summed E-state index contributed by atoms with van der Waals surface area (Å²) in [6.45, 7) is 24.6. The van der Waals surface area contributed by atoms with Gasteiger partial charge < -0.3 is 5.11 Å². The third kappa shape index (κ3) is 11.8. The average molecular weight is 567 g/mol. The minimum atomic E-state index is -0.325. The molecule has 228 valence electrons. The molecule has 2 aliphatic rings. The molecule has 42 heavy (non-hydrogen) atoms. The fourth-order valence-electron chi connectivity index (χ4n) is 6.60. The first kappa shape index (κ1) is 35.3. The van der Waals surface area contributed by atoms with Gasteiger partial charge in [-0.2, -0.15) is 0 Å². The first-order valence-electron chi connectivity index (χ1n) is 15.8. The summed E-state index contributed by atoms with van der Waals surface area (Å²) < 4.78 is 0. The summed E-state index contributed by atoms with van der Waals surface area (Å²) >= 11 is 0. The molecule has 0 aromatic heterocycles. The highest BCUT2D eigenvalue weighted by molar-refractivity contribution is 5.38. The molecule has 0 bridgehead atoms. The SMILES string of the molecule is CC1=C[C@H](O)CC(C)(C)[C@H]1/C=C/C(C)=C/C=C/C(C)=C/C=C/C=C(C)/C=C/C=C(C)/C=C/C1=C(C)C[C@@H](C)CC1(C)C. The van der Waals surface area contributed by atoms with Gasteiger partial charge in [0.05, 0.1) is 6.10 Å². The van der Waals surface area contributed by atoms with E-state index in [0.29, 0.717) is 5.92 Å². The van der Waals surface area contributed by atoms with Gasteiger partial charge in [-0.25, -0.2) is 0 Å².